The highest BCUT2D eigenvalue weighted by Gasteiger charge is 2.05. The van der Waals surface area contributed by atoms with Crippen LogP contribution >= 0.6 is 11.3 Å². The van der Waals surface area contributed by atoms with Gasteiger partial charge in [-0.3, -0.25) is 0 Å². The van der Waals surface area contributed by atoms with Gasteiger partial charge in [0.1, 0.15) is 23.5 Å². The Labute approximate surface area is 141 Å². The number of hydrogen-bond acceptors (Lipinski definition) is 5. The zero-order valence-corrected chi connectivity index (χ0v) is 13.5. The molecule has 0 radical (unpaired) electrons. The van der Waals surface area contributed by atoms with Crippen LogP contribution in [0.1, 0.15) is 10.6 Å². The molecule has 0 saturated carbocycles. The Balaban J connectivity index is 1.42. The van der Waals surface area contributed by atoms with E-state index in [0.29, 0.717) is 13.1 Å². The van der Waals surface area contributed by atoms with Gasteiger partial charge < -0.3 is 5.32 Å². The summed E-state index contributed by atoms with van der Waals surface area (Å²) in [4.78, 5) is 8.47. The van der Waals surface area contributed by atoms with Crippen LogP contribution in [0, 0.1) is 5.82 Å². The molecule has 0 spiro atoms. The summed E-state index contributed by atoms with van der Waals surface area (Å²) >= 11 is 1.51. The maximum Gasteiger partial charge on any atom is 0.138 e. The first-order valence-corrected chi connectivity index (χ1v) is 8.29. The molecule has 2 aromatic carbocycles. The van der Waals surface area contributed by atoms with Crippen LogP contribution in [0.4, 0.5) is 4.39 Å². The summed E-state index contributed by atoms with van der Waals surface area (Å²) in [7, 11) is 0. The van der Waals surface area contributed by atoms with Crippen molar-refractivity contribution in [2.75, 3.05) is 0 Å². The fourth-order valence-corrected chi connectivity index (χ4v) is 3.45. The smallest absolute Gasteiger partial charge is 0.138 e. The minimum absolute atomic E-state index is 0.226. The molecule has 2 heterocycles. The number of nitrogens with one attached hydrogen (secondary N) is 1. The van der Waals surface area contributed by atoms with Crippen molar-refractivity contribution in [1.29, 1.82) is 0 Å². The average molecular weight is 339 g/mol. The van der Waals surface area contributed by atoms with Gasteiger partial charge in [-0.25, -0.2) is 19.0 Å². The summed E-state index contributed by atoms with van der Waals surface area (Å²) in [6.45, 7) is 1.36. The summed E-state index contributed by atoms with van der Waals surface area (Å²) in [5, 5.41) is 8.46. The summed E-state index contributed by atoms with van der Waals surface area (Å²) in [6.07, 6.45) is 3.19. The summed E-state index contributed by atoms with van der Waals surface area (Å²) in [5.41, 5.74) is 2.96. The molecule has 120 valence electrons. The van der Waals surface area contributed by atoms with Crippen molar-refractivity contribution >= 4 is 21.6 Å². The first kappa shape index (κ1) is 14.9. The lowest BCUT2D eigenvalue weighted by atomic mass is 10.2. The third-order valence-corrected chi connectivity index (χ3v) is 4.61. The molecule has 5 nitrogen and oxygen atoms in total. The maximum atomic E-state index is 13.2. The standard InChI is InChI=1S/C17H14FN5S/c18-13-4-5-15-16(7-13)24-17(22-15)9-19-8-12-2-1-3-14(6-12)23-11-20-10-21-23/h1-7,10-11,19H,8-9H2. The van der Waals surface area contributed by atoms with E-state index in [9.17, 15) is 4.39 Å². The van der Waals surface area contributed by atoms with Crippen molar-refractivity contribution in [2.24, 2.45) is 0 Å². The molecule has 0 saturated heterocycles. The van der Waals surface area contributed by atoms with Gasteiger partial charge in [-0.2, -0.15) is 5.10 Å². The number of fused-ring (bicyclic) bond motifs is 1. The van der Waals surface area contributed by atoms with E-state index in [1.54, 1.807) is 17.1 Å². The highest BCUT2D eigenvalue weighted by Crippen LogP contribution is 2.22. The Kier molecular flexibility index (Phi) is 4.02. The summed E-state index contributed by atoms with van der Waals surface area (Å²) < 4.78 is 15.8. The van der Waals surface area contributed by atoms with Crippen molar-refractivity contribution in [3.8, 4) is 5.69 Å². The first-order chi connectivity index (χ1) is 11.8. The molecule has 0 amide bonds. The molecule has 0 aliphatic heterocycles. The molecule has 4 rings (SSSR count). The van der Waals surface area contributed by atoms with Gasteiger partial charge in [0.25, 0.3) is 0 Å². The second kappa shape index (κ2) is 6.46. The second-order valence-electron chi connectivity index (χ2n) is 5.33. The molecule has 0 aliphatic carbocycles. The van der Waals surface area contributed by atoms with Gasteiger partial charge in [0.2, 0.25) is 0 Å². The monoisotopic (exact) mass is 339 g/mol. The van der Waals surface area contributed by atoms with Crippen molar-refractivity contribution in [1.82, 2.24) is 25.1 Å². The molecule has 7 heteroatoms. The number of benzene rings is 2. The Bertz CT molecular complexity index is 964. The number of nitrogens with zero attached hydrogens (tertiary/aromatic N) is 4. The van der Waals surface area contributed by atoms with Crippen LogP contribution in [0.3, 0.4) is 0 Å². The molecule has 0 atom stereocenters. The number of hydrogen-bond donors (Lipinski definition) is 1. The predicted octanol–water partition coefficient (Wildman–Crippen LogP) is 3.31. The van der Waals surface area contributed by atoms with E-state index >= 15 is 0 Å². The van der Waals surface area contributed by atoms with Crippen LogP contribution in [0.15, 0.2) is 55.1 Å². The lowest BCUT2D eigenvalue weighted by Crippen LogP contribution is -2.12. The maximum absolute atomic E-state index is 13.2. The van der Waals surface area contributed by atoms with E-state index in [-0.39, 0.29) is 5.82 Å². The van der Waals surface area contributed by atoms with E-state index in [1.807, 2.05) is 12.1 Å². The SMILES string of the molecule is Fc1ccc2nc(CNCc3cccc(-n4cncn4)c3)sc2c1. The largest absolute Gasteiger partial charge is 0.306 e. The Morgan fingerprint density at radius 2 is 2.08 bits per heavy atom. The quantitative estimate of drug-likeness (QED) is 0.606. The summed E-state index contributed by atoms with van der Waals surface area (Å²) in [5.74, 6) is -0.226. The third kappa shape index (κ3) is 3.17. The highest BCUT2D eigenvalue weighted by atomic mass is 32.1. The number of thiazole rings is 1. The van der Waals surface area contributed by atoms with Crippen molar-refractivity contribution in [2.45, 2.75) is 13.1 Å². The number of aromatic nitrogens is 4. The molecule has 1 N–H and O–H groups in total. The van der Waals surface area contributed by atoms with Crippen LogP contribution in [-0.4, -0.2) is 19.7 Å². The zero-order valence-electron chi connectivity index (χ0n) is 12.7. The first-order valence-electron chi connectivity index (χ1n) is 7.47. The fraction of sp³-hybridized carbons (Fsp3) is 0.118. The lowest BCUT2D eigenvalue weighted by molar-refractivity contribution is 0.630. The van der Waals surface area contributed by atoms with Crippen LogP contribution < -0.4 is 5.32 Å². The molecule has 0 unspecified atom stereocenters. The zero-order chi connectivity index (χ0) is 16.4. The predicted molar refractivity (Wildman–Crippen MR) is 91.5 cm³/mol. The van der Waals surface area contributed by atoms with E-state index < -0.39 is 0 Å². The molecule has 0 fully saturated rings. The van der Waals surface area contributed by atoms with Crippen molar-refractivity contribution in [3.05, 3.63) is 71.5 Å². The van der Waals surface area contributed by atoms with Gasteiger partial charge in [0.05, 0.1) is 15.9 Å². The summed E-state index contributed by atoms with van der Waals surface area (Å²) in [6, 6.07) is 12.8. The fourth-order valence-electron chi connectivity index (χ4n) is 2.49. The molecule has 0 bridgehead atoms. The Hall–Kier alpha value is -2.64. The normalized spacial score (nSPS) is 11.2. The Morgan fingerprint density at radius 3 is 2.96 bits per heavy atom. The molecule has 4 aromatic rings. The van der Waals surface area contributed by atoms with Gasteiger partial charge in [0.15, 0.2) is 0 Å². The van der Waals surface area contributed by atoms with E-state index in [0.717, 1.165) is 26.5 Å². The van der Waals surface area contributed by atoms with Crippen molar-refractivity contribution < 1.29 is 4.39 Å². The van der Waals surface area contributed by atoms with E-state index in [2.05, 4.69) is 32.5 Å². The lowest BCUT2D eigenvalue weighted by Gasteiger charge is -2.06. The van der Waals surface area contributed by atoms with E-state index in [1.165, 1.54) is 29.8 Å². The van der Waals surface area contributed by atoms with Gasteiger partial charge in [-0.15, -0.1) is 11.3 Å². The highest BCUT2D eigenvalue weighted by molar-refractivity contribution is 7.18. The van der Waals surface area contributed by atoms with Crippen LogP contribution in [0.5, 0.6) is 0 Å². The molecule has 24 heavy (non-hydrogen) atoms. The second-order valence-corrected chi connectivity index (χ2v) is 6.45. The minimum atomic E-state index is -0.226. The number of rotatable bonds is 5. The molecule has 2 aromatic heterocycles. The van der Waals surface area contributed by atoms with Gasteiger partial charge >= 0.3 is 0 Å². The molecule has 0 aliphatic rings. The van der Waals surface area contributed by atoms with Crippen molar-refractivity contribution in [3.63, 3.8) is 0 Å². The topological polar surface area (TPSA) is 55.6 Å². The van der Waals surface area contributed by atoms with E-state index in [4.69, 9.17) is 0 Å². The number of halogens is 1. The average Bonchev–Trinajstić information content (AvgIpc) is 3.24. The van der Waals surface area contributed by atoms with Crippen LogP contribution in [0.25, 0.3) is 15.9 Å². The van der Waals surface area contributed by atoms with Crippen LogP contribution in [-0.2, 0) is 13.1 Å². The van der Waals surface area contributed by atoms with Gasteiger partial charge in [-0.1, -0.05) is 12.1 Å². The Morgan fingerprint density at radius 1 is 1.12 bits per heavy atom. The minimum Gasteiger partial charge on any atom is -0.306 e. The van der Waals surface area contributed by atoms with Gasteiger partial charge in [0, 0.05) is 13.1 Å². The molecular weight excluding hydrogens is 325 g/mol. The third-order valence-electron chi connectivity index (χ3n) is 3.59. The van der Waals surface area contributed by atoms with Crippen LogP contribution in [0.2, 0.25) is 0 Å². The molecular formula is C17H14FN5S. The van der Waals surface area contributed by atoms with Gasteiger partial charge in [-0.05, 0) is 35.9 Å².